The second kappa shape index (κ2) is 6.65. The molecule has 0 saturated carbocycles. The quantitative estimate of drug-likeness (QED) is 0.746. The number of rotatable bonds is 6. The van der Waals surface area contributed by atoms with Gasteiger partial charge in [-0.2, -0.15) is 5.10 Å². The summed E-state index contributed by atoms with van der Waals surface area (Å²) >= 11 is 0. The molecule has 0 aliphatic heterocycles. The summed E-state index contributed by atoms with van der Waals surface area (Å²) in [7, 11) is 0. The molecule has 0 atom stereocenters. The Bertz CT molecular complexity index is 633. The maximum absolute atomic E-state index is 12.0. The molecular formula is C14H17N5O2. The van der Waals surface area contributed by atoms with Gasteiger partial charge in [0.1, 0.15) is 5.69 Å². The Kier molecular flexibility index (Phi) is 4.65. The monoisotopic (exact) mass is 287 g/mol. The fourth-order valence-electron chi connectivity index (χ4n) is 1.78. The molecule has 0 radical (unpaired) electrons. The lowest BCUT2D eigenvalue weighted by molar-refractivity contribution is 0.0990. The number of carbonyl (C=O) groups excluding carboxylic acids is 2. The molecule has 2 heterocycles. The van der Waals surface area contributed by atoms with E-state index in [0.29, 0.717) is 11.4 Å². The number of unbranched alkanes of at least 4 members (excludes halogenated alkanes) is 1. The number of carbonyl (C=O) groups is 2. The predicted molar refractivity (Wildman–Crippen MR) is 77.9 cm³/mol. The first-order valence-corrected chi connectivity index (χ1v) is 6.71. The number of hydrogen-bond acceptors (Lipinski definition) is 4. The molecule has 2 aromatic heterocycles. The predicted octanol–water partition coefficient (Wildman–Crippen LogP) is 1.50. The van der Waals surface area contributed by atoms with E-state index in [1.54, 1.807) is 6.07 Å². The zero-order chi connectivity index (χ0) is 15.2. The van der Waals surface area contributed by atoms with Gasteiger partial charge in [0.25, 0.3) is 11.8 Å². The fraction of sp³-hybridized carbons (Fsp3) is 0.286. The van der Waals surface area contributed by atoms with Crippen molar-refractivity contribution >= 4 is 17.6 Å². The molecule has 0 spiro atoms. The summed E-state index contributed by atoms with van der Waals surface area (Å²) in [6.07, 6.45) is 4.36. The Hall–Kier alpha value is -2.70. The summed E-state index contributed by atoms with van der Waals surface area (Å²) in [5, 5.41) is 9.58. The van der Waals surface area contributed by atoms with Gasteiger partial charge in [0.2, 0.25) is 0 Å². The van der Waals surface area contributed by atoms with E-state index in [2.05, 4.69) is 27.4 Å². The van der Waals surface area contributed by atoms with Gasteiger partial charge in [-0.1, -0.05) is 13.3 Å². The van der Waals surface area contributed by atoms with Gasteiger partial charge in [-0.05, 0) is 25.0 Å². The summed E-state index contributed by atoms with van der Waals surface area (Å²) in [5.74, 6) is -0.507. The highest BCUT2D eigenvalue weighted by molar-refractivity contribution is 6.04. The Morgan fingerprint density at radius 2 is 2.19 bits per heavy atom. The van der Waals surface area contributed by atoms with Gasteiger partial charge in [-0.25, -0.2) is 0 Å². The van der Waals surface area contributed by atoms with Crippen LogP contribution in [0.5, 0.6) is 0 Å². The molecule has 4 N–H and O–H groups in total. The van der Waals surface area contributed by atoms with Crippen molar-refractivity contribution in [2.24, 2.45) is 5.73 Å². The maximum Gasteiger partial charge on any atom is 0.267 e. The number of nitrogens with zero attached hydrogens (tertiary/aromatic N) is 2. The molecule has 0 aliphatic rings. The highest BCUT2D eigenvalue weighted by Gasteiger charge is 2.10. The molecule has 0 bridgehead atoms. The van der Waals surface area contributed by atoms with E-state index in [1.807, 2.05) is 0 Å². The van der Waals surface area contributed by atoms with E-state index >= 15 is 0 Å². The molecule has 0 unspecified atom stereocenters. The first kappa shape index (κ1) is 14.7. The van der Waals surface area contributed by atoms with E-state index < -0.39 is 5.91 Å². The maximum atomic E-state index is 12.0. The van der Waals surface area contributed by atoms with Crippen LogP contribution in [0, 0.1) is 0 Å². The van der Waals surface area contributed by atoms with E-state index in [4.69, 9.17) is 5.73 Å². The topological polar surface area (TPSA) is 114 Å². The first-order valence-electron chi connectivity index (χ1n) is 6.71. The average Bonchev–Trinajstić information content (AvgIpc) is 2.92. The lowest BCUT2D eigenvalue weighted by atomic mass is 10.2. The van der Waals surface area contributed by atoms with Crippen molar-refractivity contribution < 1.29 is 9.59 Å². The standard InChI is InChI=1S/C14H17N5O2/c1-2-3-4-10-7-12(19-18-10)17-14(21)9-5-6-11(13(15)20)16-8-9/h5-8H,2-4H2,1H3,(H2,15,20)(H2,17,18,19,21). The first-order chi connectivity index (χ1) is 10.1. The molecule has 0 fully saturated rings. The van der Waals surface area contributed by atoms with Gasteiger partial charge in [0, 0.05) is 18.0 Å². The third-order valence-corrected chi connectivity index (χ3v) is 2.95. The Labute approximate surface area is 122 Å². The van der Waals surface area contributed by atoms with E-state index in [0.717, 1.165) is 25.0 Å². The number of aryl methyl sites for hydroxylation is 1. The summed E-state index contributed by atoms with van der Waals surface area (Å²) in [5.41, 5.74) is 6.52. The van der Waals surface area contributed by atoms with Crippen LogP contribution in [0.1, 0.15) is 46.3 Å². The molecule has 2 aromatic rings. The van der Waals surface area contributed by atoms with Crippen molar-refractivity contribution in [2.45, 2.75) is 26.2 Å². The molecule has 7 nitrogen and oxygen atoms in total. The van der Waals surface area contributed by atoms with Gasteiger partial charge in [-0.3, -0.25) is 19.7 Å². The third-order valence-electron chi connectivity index (χ3n) is 2.95. The van der Waals surface area contributed by atoms with E-state index in [-0.39, 0.29) is 11.6 Å². The summed E-state index contributed by atoms with van der Waals surface area (Å²) < 4.78 is 0. The largest absolute Gasteiger partial charge is 0.364 e. The Morgan fingerprint density at radius 1 is 1.38 bits per heavy atom. The van der Waals surface area contributed by atoms with Crippen LogP contribution in [0.25, 0.3) is 0 Å². The summed E-state index contributed by atoms with van der Waals surface area (Å²) in [6, 6.07) is 4.71. The number of nitrogens with one attached hydrogen (secondary N) is 2. The number of aromatic nitrogens is 3. The van der Waals surface area contributed by atoms with Crippen LogP contribution in [0.2, 0.25) is 0 Å². The third kappa shape index (κ3) is 3.88. The van der Waals surface area contributed by atoms with E-state index in [9.17, 15) is 9.59 Å². The van der Waals surface area contributed by atoms with Gasteiger partial charge >= 0.3 is 0 Å². The van der Waals surface area contributed by atoms with Crippen molar-refractivity contribution in [3.05, 3.63) is 41.3 Å². The van der Waals surface area contributed by atoms with Crippen molar-refractivity contribution in [1.29, 1.82) is 0 Å². The smallest absolute Gasteiger partial charge is 0.267 e. The number of H-pyrrole nitrogens is 1. The zero-order valence-corrected chi connectivity index (χ0v) is 11.7. The van der Waals surface area contributed by atoms with Crippen LogP contribution < -0.4 is 11.1 Å². The number of amides is 2. The van der Waals surface area contributed by atoms with Gasteiger partial charge < -0.3 is 11.1 Å². The molecule has 0 aromatic carbocycles. The van der Waals surface area contributed by atoms with Crippen LogP contribution in [0.4, 0.5) is 5.82 Å². The highest BCUT2D eigenvalue weighted by Crippen LogP contribution is 2.10. The average molecular weight is 287 g/mol. The van der Waals surface area contributed by atoms with Crippen LogP contribution >= 0.6 is 0 Å². The lowest BCUT2D eigenvalue weighted by Crippen LogP contribution is -2.16. The van der Waals surface area contributed by atoms with Crippen molar-refractivity contribution in [3.63, 3.8) is 0 Å². The Balaban J connectivity index is 2.00. The summed E-state index contributed by atoms with van der Waals surface area (Å²) in [6.45, 7) is 2.11. The van der Waals surface area contributed by atoms with Gasteiger partial charge in [0.05, 0.1) is 5.56 Å². The minimum Gasteiger partial charge on any atom is -0.364 e. The lowest BCUT2D eigenvalue weighted by Gasteiger charge is -2.01. The minimum absolute atomic E-state index is 0.119. The number of pyridine rings is 1. The van der Waals surface area contributed by atoms with Crippen LogP contribution in [-0.4, -0.2) is 27.0 Å². The number of anilines is 1. The van der Waals surface area contributed by atoms with Crippen LogP contribution in [0.3, 0.4) is 0 Å². The van der Waals surface area contributed by atoms with Crippen LogP contribution in [0.15, 0.2) is 24.4 Å². The molecule has 110 valence electrons. The number of nitrogens with two attached hydrogens (primary N) is 1. The van der Waals surface area contributed by atoms with E-state index in [1.165, 1.54) is 18.3 Å². The normalized spacial score (nSPS) is 10.3. The molecule has 21 heavy (non-hydrogen) atoms. The second-order valence-corrected chi connectivity index (χ2v) is 4.63. The number of aromatic amines is 1. The fourth-order valence-corrected chi connectivity index (χ4v) is 1.78. The minimum atomic E-state index is -0.630. The second-order valence-electron chi connectivity index (χ2n) is 4.63. The Morgan fingerprint density at radius 3 is 2.81 bits per heavy atom. The van der Waals surface area contributed by atoms with Crippen molar-refractivity contribution in [3.8, 4) is 0 Å². The SMILES string of the molecule is CCCCc1cc(NC(=O)c2ccc(C(N)=O)nc2)n[nH]1. The number of primary amides is 1. The molecule has 2 amide bonds. The molecule has 7 heteroatoms. The van der Waals surface area contributed by atoms with Crippen LogP contribution in [-0.2, 0) is 6.42 Å². The highest BCUT2D eigenvalue weighted by atomic mass is 16.2. The molecule has 0 saturated heterocycles. The van der Waals surface area contributed by atoms with Gasteiger partial charge in [-0.15, -0.1) is 0 Å². The molecule has 0 aliphatic carbocycles. The zero-order valence-electron chi connectivity index (χ0n) is 11.7. The molecular weight excluding hydrogens is 270 g/mol. The van der Waals surface area contributed by atoms with Gasteiger partial charge in [0.15, 0.2) is 5.82 Å². The number of hydrogen-bond donors (Lipinski definition) is 3. The summed E-state index contributed by atoms with van der Waals surface area (Å²) in [4.78, 5) is 26.7. The van der Waals surface area contributed by atoms with Crippen molar-refractivity contribution in [2.75, 3.05) is 5.32 Å². The van der Waals surface area contributed by atoms with Crippen molar-refractivity contribution in [1.82, 2.24) is 15.2 Å². The molecule has 2 rings (SSSR count).